The second kappa shape index (κ2) is 2.79. The van der Waals surface area contributed by atoms with Crippen molar-refractivity contribution >= 4 is 21.6 Å². The SMILES string of the molecule is NS(=O)(=O)c1ccc2c(c1)CC(O)=[NH+]2. The molecule has 1 aromatic rings. The van der Waals surface area contributed by atoms with Crippen LogP contribution in [0.15, 0.2) is 23.1 Å². The first-order valence-corrected chi connectivity index (χ1v) is 5.49. The van der Waals surface area contributed by atoms with Gasteiger partial charge in [0.15, 0.2) is 0 Å². The van der Waals surface area contributed by atoms with Crippen LogP contribution in [0.4, 0.5) is 5.69 Å². The fraction of sp³-hybridized carbons (Fsp3) is 0.125. The lowest BCUT2D eigenvalue weighted by Crippen LogP contribution is -2.63. The van der Waals surface area contributed by atoms with Gasteiger partial charge in [-0.25, -0.2) is 13.6 Å². The Morgan fingerprint density at radius 3 is 2.79 bits per heavy atom. The number of hydrogen-bond acceptors (Lipinski definition) is 2. The maximum atomic E-state index is 11.0. The van der Waals surface area contributed by atoms with Gasteiger partial charge in [0, 0.05) is 11.6 Å². The fourth-order valence-corrected chi connectivity index (χ4v) is 1.96. The number of aliphatic hydroxyl groups is 1. The number of primary sulfonamides is 1. The van der Waals surface area contributed by atoms with E-state index in [4.69, 9.17) is 10.2 Å². The summed E-state index contributed by atoms with van der Waals surface area (Å²) in [6.07, 6.45) is 0.318. The van der Waals surface area contributed by atoms with Crippen LogP contribution in [0.1, 0.15) is 5.56 Å². The molecule has 2 rings (SSSR count). The number of sulfonamides is 1. The monoisotopic (exact) mass is 213 g/mol. The maximum absolute atomic E-state index is 11.0. The third-order valence-electron chi connectivity index (χ3n) is 2.04. The normalized spacial score (nSPS) is 15.1. The molecule has 0 saturated heterocycles. The van der Waals surface area contributed by atoms with Gasteiger partial charge in [0.05, 0.1) is 4.90 Å². The van der Waals surface area contributed by atoms with Crippen LogP contribution in [-0.2, 0) is 16.4 Å². The van der Waals surface area contributed by atoms with E-state index in [1.54, 1.807) is 6.07 Å². The van der Waals surface area contributed by atoms with E-state index in [2.05, 4.69) is 4.99 Å². The first-order chi connectivity index (χ1) is 6.47. The number of aliphatic hydroxyl groups excluding tert-OH is 1. The minimum atomic E-state index is -3.66. The Hall–Kier alpha value is -1.40. The van der Waals surface area contributed by atoms with Crippen LogP contribution < -0.4 is 10.1 Å². The zero-order chi connectivity index (χ0) is 10.3. The topological polar surface area (TPSA) is 94.4 Å². The molecular weight excluding hydrogens is 204 g/mol. The Kier molecular flexibility index (Phi) is 1.83. The number of rotatable bonds is 1. The molecule has 74 valence electrons. The molecule has 0 aromatic heterocycles. The molecule has 0 unspecified atom stereocenters. The summed E-state index contributed by atoms with van der Waals surface area (Å²) in [5.74, 6) is 0.117. The second-order valence-electron chi connectivity index (χ2n) is 3.11. The lowest BCUT2D eigenvalue weighted by molar-refractivity contribution is -0.361. The molecule has 6 heteroatoms. The van der Waals surface area contributed by atoms with Gasteiger partial charge in [0.1, 0.15) is 6.42 Å². The van der Waals surface area contributed by atoms with Gasteiger partial charge >= 0.3 is 5.90 Å². The van der Waals surface area contributed by atoms with Gasteiger partial charge in [-0.1, -0.05) is 0 Å². The van der Waals surface area contributed by atoms with Gasteiger partial charge in [0.25, 0.3) is 0 Å². The van der Waals surface area contributed by atoms with Gasteiger partial charge in [0.2, 0.25) is 15.7 Å². The average molecular weight is 213 g/mol. The van der Waals surface area contributed by atoms with Crippen molar-refractivity contribution in [2.24, 2.45) is 5.14 Å². The minimum Gasteiger partial charge on any atom is -0.463 e. The third-order valence-corrected chi connectivity index (χ3v) is 2.95. The summed E-state index contributed by atoms with van der Waals surface area (Å²) in [4.78, 5) is 2.78. The summed E-state index contributed by atoms with van der Waals surface area (Å²) in [6.45, 7) is 0. The molecule has 0 aliphatic carbocycles. The number of fused-ring (bicyclic) bond motifs is 1. The van der Waals surface area contributed by atoms with Crippen LogP contribution in [0.2, 0.25) is 0 Å². The number of hydrogen-bond donors (Lipinski definition) is 3. The molecule has 14 heavy (non-hydrogen) atoms. The standard InChI is InChI=1S/C8H8N2O3S/c9-14(12,13)6-1-2-7-5(3-6)4-8(11)10-7/h1-3H,4H2,(H,10,11)(H2,9,12,13)/p+1. The van der Waals surface area contributed by atoms with Crippen LogP contribution in [0.3, 0.4) is 0 Å². The van der Waals surface area contributed by atoms with E-state index in [1.165, 1.54) is 12.1 Å². The van der Waals surface area contributed by atoms with Crippen LogP contribution in [0, 0.1) is 0 Å². The summed E-state index contributed by atoms with van der Waals surface area (Å²) in [5, 5.41) is 14.1. The summed E-state index contributed by atoms with van der Waals surface area (Å²) in [5.41, 5.74) is 1.45. The predicted octanol–water partition coefficient (Wildman–Crippen LogP) is -1.44. The Morgan fingerprint density at radius 2 is 2.14 bits per heavy atom. The molecular formula is C8H9N2O3S+. The summed E-state index contributed by atoms with van der Waals surface area (Å²) >= 11 is 0. The maximum Gasteiger partial charge on any atom is 0.342 e. The van der Waals surface area contributed by atoms with E-state index in [-0.39, 0.29) is 10.8 Å². The molecule has 0 spiro atoms. The quantitative estimate of drug-likeness (QED) is 0.533. The van der Waals surface area contributed by atoms with Crippen molar-refractivity contribution in [1.29, 1.82) is 0 Å². The zero-order valence-electron chi connectivity index (χ0n) is 7.19. The molecule has 0 fully saturated rings. The lowest BCUT2D eigenvalue weighted by atomic mass is 10.1. The Labute approximate surface area is 80.9 Å². The molecule has 4 N–H and O–H groups in total. The van der Waals surface area contributed by atoms with E-state index in [1.807, 2.05) is 0 Å². The molecule has 0 atom stereocenters. The van der Waals surface area contributed by atoms with Crippen molar-refractivity contribution in [3.05, 3.63) is 23.8 Å². The van der Waals surface area contributed by atoms with Gasteiger partial charge in [-0.15, -0.1) is 0 Å². The fourth-order valence-electron chi connectivity index (χ4n) is 1.40. The van der Waals surface area contributed by atoms with Crippen LogP contribution in [-0.4, -0.2) is 19.4 Å². The highest BCUT2D eigenvalue weighted by Gasteiger charge is 2.22. The third kappa shape index (κ3) is 1.49. The molecule has 0 bridgehead atoms. The Bertz CT molecular complexity index is 519. The molecule has 5 nitrogen and oxygen atoms in total. The lowest BCUT2D eigenvalue weighted by Gasteiger charge is -1.97. The van der Waals surface area contributed by atoms with E-state index in [0.717, 1.165) is 11.3 Å². The predicted molar refractivity (Wildman–Crippen MR) is 49.8 cm³/mol. The number of nitrogens with two attached hydrogens (primary N) is 1. The van der Waals surface area contributed by atoms with E-state index in [9.17, 15) is 8.42 Å². The van der Waals surface area contributed by atoms with Crippen LogP contribution >= 0.6 is 0 Å². The average Bonchev–Trinajstić information content (AvgIpc) is 2.41. The summed E-state index contributed by atoms with van der Waals surface area (Å²) in [6, 6.07) is 4.44. The highest BCUT2D eigenvalue weighted by atomic mass is 32.2. The smallest absolute Gasteiger partial charge is 0.342 e. The van der Waals surface area contributed by atoms with Crippen molar-refractivity contribution < 1.29 is 18.5 Å². The van der Waals surface area contributed by atoms with Gasteiger partial charge in [-0.2, -0.15) is 4.99 Å². The van der Waals surface area contributed by atoms with E-state index in [0.29, 0.717) is 6.42 Å². The van der Waals surface area contributed by atoms with Crippen molar-refractivity contribution in [2.75, 3.05) is 0 Å². The largest absolute Gasteiger partial charge is 0.463 e. The molecule has 1 aromatic carbocycles. The van der Waals surface area contributed by atoms with Crippen molar-refractivity contribution in [2.45, 2.75) is 11.3 Å². The zero-order valence-corrected chi connectivity index (χ0v) is 8.00. The van der Waals surface area contributed by atoms with E-state index >= 15 is 0 Å². The molecule has 1 aliphatic heterocycles. The first kappa shape index (κ1) is 9.17. The molecule has 0 amide bonds. The first-order valence-electron chi connectivity index (χ1n) is 3.94. The second-order valence-corrected chi connectivity index (χ2v) is 4.67. The summed E-state index contributed by atoms with van der Waals surface area (Å²) in [7, 11) is -3.66. The highest BCUT2D eigenvalue weighted by Crippen LogP contribution is 2.18. The molecule has 0 radical (unpaired) electrons. The van der Waals surface area contributed by atoms with Crippen LogP contribution in [0.5, 0.6) is 0 Å². The number of benzene rings is 1. The highest BCUT2D eigenvalue weighted by molar-refractivity contribution is 7.89. The van der Waals surface area contributed by atoms with Crippen molar-refractivity contribution in [1.82, 2.24) is 0 Å². The molecule has 1 aliphatic rings. The Morgan fingerprint density at radius 1 is 1.43 bits per heavy atom. The van der Waals surface area contributed by atoms with Gasteiger partial charge in [-0.3, -0.25) is 0 Å². The molecule has 1 heterocycles. The van der Waals surface area contributed by atoms with Gasteiger partial charge < -0.3 is 5.11 Å². The van der Waals surface area contributed by atoms with Crippen molar-refractivity contribution in [3.63, 3.8) is 0 Å². The Balaban J connectivity index is 2.53. The van der Waals surface area contributed by atoms with Crippen molar-refractivity contribution in [3.8, 4) is 0 Å². The van der Waals surface area contributed by atoms with Gasteiger partial charge in [-0.05, 0) is 12.1 Å². The summed E-state index contributed by atoms with van der Waals surface area (Å²) < 4.78 is 22.0. The van der Waals surface area contributed by atoms with E-state index < -0.39 is 10.0 Å². The van der Waals surface area contributed by atoms with Crippen LogP contribution in [0.25, 0.3) is 0 Å². The minimum absolute atomic E-state index is 0.0627. The number of nitrogens with one attached hydrogen (secondary N) is 1. The molecule has 0 saturated carbocycles.